The third-order valence-electron chi connectivity index (χ3n) is 3.87. The minimum absolute atomic E-state index is 0.282. The molecule has 0 radical (unpaired) electrons. The number of aromatic nitrogens is 1. The van der Waals surface area contributed by atoms with Crippen LogP contribution in [-0.4, -0.2) is 11.0 Å². The Labute approximate surface area is 119 Å². The molecule has 2 N–H and O–H groups in total. The Hall–Kier alpha value is -0.410. The summed E-state index contributed by atoms with van der Waals surface area (Å²) in [5.41, 5.74) is 7.54. The second-order valence-electron chi connectivity index (χ2n) is 5.57. The highest BCUT2D eigenvalue weighted by molar-refractivity contribution is 9.10. The minimum atomic E-state index is 0.282. The van der Waals surface area contributed by atoms with Gasteiger partial charge in [0, 0.05) is 22.9 Å². The van der Waals surface area contributed by atoms with Gasteiger partial charge in [-0.2, -0.15) is 0 Å². The smallest absolute Gasteiger partial charge is 0.0410 e. The summed E-state index contributed by atoms with van der Waals surface area (Å²) >= 11 is 3.46. The van der Waals surface area contributed by atoms with Gasteiger partial charge in [-0.15, -0.1) is 0 Å². The van der Waals surface area contributed by atoms with E-state index >= 15 is 0 Å². The Bertz CT molecular complexity index is 359. The highest BCUT2D eigenvalue weighted by Gasteiger charge is 2.16. The molecule has 1 unspecified atom stereocenters. The number of nitrogens with zero attached hydrogens (tertiary/aromatic N) is 1. The average molecular weight is 311 g/mol. The molecule has 1 atom stereocenters. The van der Waals surface area contributed by atoms with E-state index in [9.17, 15) is 0 Å². The number of hydrogen-bond donors (Lipinski definition) is 1. The summed E-state index contributed by atoms with van der Waals surface area (Å²) in [5.74, 6) is 0.850. The molecular weight excluding hydrogens is 288 g/mol. The first-order valence-electron chi connectivity index (χ1n) is 7.09. The van der Waals surface area contributed by atoms with Crippen LogP contribution in [0.1, 0.15) is 50.5 Å². The molecule has 0 aliphatic heterocycles. The van der Waals surface area contributed by atoms with Crippen molar-refractivity contribution < 1.29 is 0 Å². The van der Waals surface area contributed by atoms with Crippen LogP contribution >= 0.6 is 15.9 Å². The molecule has 1 aromatic heterocycles. The fraction of sp³-hybridized carbons (Fsp3) is 0.667. The summed E-state index contributed by atoms with van der Waals surface area (Å²) in [6, 6.07) is 2.41. The lowest BCUT2D eigenvalue weighted by atomic mass is 9.90. The van der Waals surface area contributed by atoms with Crippen LogP contribution in [0.2, 0.25) is 0 Å². The Morgan fingerprint density at radius 3 is 2.61 bits per heavy atom. The maximum atomic E-state index is 6.29. The van der Waals surface area contributed by atoms with Gasteiger partial charge < -0.3 is 5.73 Å². The van der Waals surface area contributed by atoms with E-state index in [0.29, 0.717) is 0 Å². The third kappa shape index (κ3) is 4.69. The van der Waals surface area contributed by atoms with Crippen LogP contribution in [0.4, 0.5) is 0 Å². The third-order valence-corrected chi connectivity index (χ3v) is 4.30. The first-order valence-corrected chi connectivity index (χ1v) is 7.88. The van der Waals surface area contributed by atoms with E-state index in [1.807, 2.05) is 12.4 Å². The van der Waals surface area contributed by atoms with Crippen molar-refractivity contribution in [3.63, 3.8) is 0 Å². The topological polar surface area (TPSA) is 38.9 Å². The fourth-order valence-corrected chi connectivity index (χ4v) is 3.39. The SMILES string of the molecule is NC(Cc1cncc(Br)c1)CC1CCCCCC1. The quantitative estimate of drug-likeness (QED) is 0.851. The molecular formula is C15H23BrN2. The van der Waals surface area contributed by atoms with Gasteiger partial charge in [0.2, 0.25) is 0 Å². The van der Waals surface area contributed by atoms with Gasteiger partial charge in [-0.05, 0) is 46.3 Å². The Morgan fingerprint density at radius 1 is 1.22 bits per heavy atom. The molecule has 0 saturated heterocycles. The summed E-state index contributed by atoms with van der Waals surface area (Å²) in [5, 5.41) is 0. The molecule has 0 bridgehead atoms. The van der Waals surface area contributed by atoms with E-state index in [0.717, 1.165) is 16.8 Å². The predicted molar refractivity (Wildman–Crippen MR) is 79.4 cm³/mol. The highest BCUT2D eigenvalue weighted by atomic mass is 79.9. The van der Waals surface area contributed by atoms with Gasteiger partial charge in [0.25, 0.3) is 0 Å². The fourth-order valence-electron chi connectivity index (χ4n) is 2.98. The molecule has 1 saturated carbocycles. The molecule has 1 aromatic rings. The Kier molecular flexibility index (Phi) is 5.64. The van der Waals surface area contributed by atoms with E-state index in [4.69, 9.17) is 5.73 Å². The van der Waals surface area contributed by atoms with Crippen molar-refractivity contribution in [2.75, 3.05) is 0 Å². The Morgan fingerprint density at radius 2 is 1.94 bits per heavy atom. The van der Waals surface area contributed by atoms with Crippen LogP contribution in [0.5, 0.6) is 0 Å². The van der Waals surface area contributed by atoms with Crippen molar-refractivity contribution in [3.05, 3.63) is 28.5 Å². The second kappa shape index (κ2) is 7.25. The molecule has 1 fully saturated rings. The maximum Gasteiger partial charge on any atom is 0.0410 e. The van der Waals surface area contributed by atoms with E-state index < -0.39 is 0 Å². The van der Waals surface area contributed by atoms with Crippen LogP contribution < -0.4 is 5.73 Å². The van der Waals surface area contributed by atoms with Crippen molar-refractivity contribution in [1.29, 1.82) is 0 Å². The average Bonchev–Trinajstić information content (AvgIpc) is 2.57. The monoisotopic (exact) mass is 310 g/mol. The van der Waals surface area contributed by atoms with Gasteiger partial charge in [-0.3, -0.25) is 4.98 Å². The predicted octanol–water partition coefficient (Wildman–Crippen LogP) is 4.07. The molecule has 100 valence electrons. The van der Waals surface area contributed by atoms with Crippen molar-refractivity contribution in [2.24, 2.45) is 11.7 Å². The Balaban J connectivity index is 1.82. The standard InChI is InChI=1S/C15H23BrN2/c16-14-7-13(10-18-11-14)9-15(17)8-12-5-3-1-2-4-6-12/h7,10-12,15H,1-6,8-9,17H2. The first kappa shape index (κ1) is 14.0. The van der Waals surface area contributed by atoms with E-state index in [1.165, 1.54) is 50.5 Å². The van der Waals surface area contributed by atoms with Gasteiger partial charge in [0.05, 0.1) is 0 Å². The molecule has 2 rings (SSSR count). The zero-order chi connectivity index (χ0) is 12.8. The van der Waals surface area contributed by atoms with Crippen molar-refractivity contribution >= 4 is 15.9 Å². The number of pyridine rings is 1. The lowest BCUT2D eigenvalue weighted by molar-refractivity contribution is 0.387. The second-order valence-corrected chi connectivity index (χ2v) is 6.48. The summed E-state index contributed by atoms with van der Waals surface area (Å²) < 4.78 is 1.04. The van der Waals surface area contributed by atoms with E-state index in [2.05, 4.69) is 27.0 Å². The van der Waals surface area contributed by atoms with E-state index in [-0.39, 0.29) is 6.04 Å². The molecule has 1 heterocycles. The molecule has 3 heteroatoms. The van der Waals surface area contributed by atoms with Gasteiger partial charge >= 0.3 is 0 Å². The minimum Gasteiger partial charge on any atom is -0.327 e. The molecule has 18 heavy (non-hydrogen) atoms. The molecule has 1 aliphatic rings. The van der Waals surface area contributed by atoms with Crippen LogP contribution in [-0.2, 0) is 6.42 Å². The number of hydrogen-bond acceptors (Lipinski definition) is 2. The van der Waals surface area contributed by atoms with E-state index in [1.54, 1.807) is 0 Å². The van der Waals surface area contributed by atoms with Gasteiger partial charge in [-0.1, -0.05) is 38.5 Å². The zero-order valence-electron chi connectivity index (χ0n) is 10.9. The van der Waals surface area contributed by atoms with Crippen LogP contribution in [0.15, 0.2) is 22.9 Å². The zero-order valence-corrected chi connectivity index (χ0v) is 12.5. The number of halogens is 1. The molecule has 1 aliphatic carbocycles. The summed E-state index contributed by atoms with van der Waals surface area (Å²) in [7, 11) is 0. The lowest BCUT2D eigenvalue weighted by Crippen LogP contribution is -2.26. The van der Waals surface area contributed by atoms with Crippen molar-refractivity contribution in [3.8, 4) is 0 Å². The molecule has 0 aromatic carbocycles. The normalized spacial score (nSPS) is 19.4. The van der Waals surface area contributed by atoms with Gasteiger partial charge in [0.1, 0.15) is 0 Å². The maximum absolute atomic E-state index is 6.29. The van der Waals surface area contributed by atoms with Gasteiger partial charge in [0.15, 0.2) is 0 Å². The van der Waals surface area contributed by atoms with Crippen LogP contribution in [0.3, 0.4) is 0 Å². The molecule has 0 amide bonds. The summed E-state index contributed by atoms with van der Waals surface area (Å²) in [4.78, 5) is 4.20. The van der Waals surface area contributed by atoms with Gasteiger partial charge in [-0.25, -0.2) is 0 Å². The number of rotatable bonds is 4. The summed E-state index contributed by atoms with van der Waals surface area (Å²) in [6.07, 6.45) is 14.3. The number of nitrogens with two attached hydrogens (primary N) is 1. The molecule has 0 spiro atoms. The first-order chi connectivity index (χ1) is 8.74. The highest BCUT2D eigenvalue weighted by Crippen LogP contribution is 2.26. The van der Waals surface area contributed by atoms with Crippen molar-refractivity contribution in [2.45, 2.75) is 57.4 Å². The summed E-state index contributed by atoms with van der Waals surface area (Å²) in [6.45, 7) is 0. The molecule has 2 nitrogen and oxygen atoms in total. The lowest BCUT2D eigenvalue weighted by Gasteiger charge is -2.19. The van der Waals surface area contributed by atoms with Crippen molar-refractivity contribution in [1.82, 2.24) is 4.98 Å². The largest absolute Gasteiger partial charge is 0.327 e. The van der Waals surface area contributed by atoms with Crippen LogP contribution in [0.25, 0.3) is 0 Å². The van der Waals surface area contributed by atoms with Crippen LogP contribution in [0, 0.1) is 5.92 Å².